The second-order valence-corrected chi connectivity index (χ2v) is 2.55. The molecule has 0 aromatic heterocycles. The molecule has 0 radical (unpaired) electrons. The lowest BCUT2D eigenvalue weighted by molar-refractivity contribution is 0.0589. The summed E-state index contributed by atoms with van der Waals surface area (Å²) in [6.07, 6.45) is 0. The van der Waals surface area contributed by atoms with Crippen LogP contribution in [0.5, 0.6) is 5.75 Å². The molecule has 1 aromatic carbocycles. The van der Waals surface area contributed by atoms with Gasteiger partial charge in [0.2, 0.25) is 0 Å². The van der Waals surface area contributed by atoms with Crippen LogP contribution >= 0.6 is 0 Å². The van der Waals surface area contributed by atoms with Gasteiger partial charge in [-0.2, -0.15) is 0 Å². The van der Waals surface area contributed by atoms with Gasteiger partial charge >= 0.3 is 5.97 Å². The lowest BCUT2D eigenvalue weighted by Gasteiger charge is -2.09. The molecule has 0 saturated heterocycles. The maximum atomic E-state index is 13.1. The predicted molar refractivity (Wildman–Crippen MR) is 44.2 cm³/mol. The van der Waals surface area contributed by atoms with Crippen molar-refractivity contribution in [2.75, 3.05) is 14.2 Å². The van der Waals surface area contributed by atoms with Crippen molar-refractivity contribution in [2.45, 2.75) is 0 Å². The molecule has 0 aliphatic heterocycles. The third kappa shape index (κ3) is 1.88. The number of ether oxygens (including phenoxy) is 2. The largest absolute Gasteiger partial charge is 0.493 e. The molecular formula is C9H7F3O3. The van der Waals surface area contributed by atoms with Crippen molar-refractivity contribution in [3.05, 3.63) is 29.1 Å². The number of rotatable bonds is 2. The molecule has 0 bridgehead atoms. The summed E-state index contributed by atoms with van der Waals surface area (Å²) in [5.74, 6) is -6.03. The van der Waals surface area contributed by atoms with Crippen LogP contribution in [-0.2, 0) is 4.74 Å². The summed E-state index contributed by atoms with van der Waals surface area (Å²) in [4.78, 5) is 11.0. The van der Waals surface area contributed by atoms with Gasteiger partial charge in [0.25, 0.3) is 0 Å². The standard InChI is InChI=1S/C9H7F3O3/c1-14-8-5(11)3-4(10)7(12)6(8)9(13)15-2/h3H,1-2H3. The van der Waals surface area contributed by atoms with Crippen molar-refractivity contribution < 1.29 is 27.4 Å². The van der Waals surface area contributed by atoms with E-state index in [1.165, 1.54) is 0 Å². The van der Waals surface area contributed by atoms with Crippen molar-refractivity contribution >= 4 is 5.97 Å². The first-order chi connectivity index (χ1) is 7.02. The highest BCUT2D eigenvalue weighted by molar-refractivity contribution is 5.92. The van der Waals surface area contributed by atoms with Gasteiger partial charge in [-0.05, 0) is 0 Å². The fourth-order valence-corrected chi connectivity index (χ4v) is 1.06. The van der Waals surface area contributed by atoms with Crippen molar-refractivity contribution in [2.24, 2.45) is 0 Å². The molecule has 0 amide bonds. The highest BCUT2D eigenvalue weighted by Crippen LogP contribution is 2.27. The summed E-state index contributed by atoms with van der Waals surface area (Å²) in [6, 6.07) is 0.292. The minimum atomic E-state index is -1.50. The topological polar surface area (TPSA) is 35.5 Å². The van der Waals surface area contributed by atoms with Gasteiger partial charge in [0, 0.05) is 6.07 Å². The molecule has 0 aliphatic rings. The van der Waals surface area contributed by atoms with Crippen molar-refractivity contribution in [1.82, 2.24) is 0 Å². The zero-order valence-corrected chi connectivity index (χ0v) is 7.94. The summed E-state index contributed by atoms with van der Waals surface area (Å²) in [7, 11) is 1.99. The van der Waals surface area contributed by atoms with E-state index in [1.54, 1.807) is 0 Å². The highest BCUT2D eigenvalue weighted by atomic mass is 19.2. The van der Waals surface area contributed by atoms with Gasteiger partial charge in [0.05, 0.1) is 14.2 Å². The zero-order valence-electron chi connectivity index (χ0n) is 7.94. The highest BCUT2D eigenvalue weighted by Gasteiger charge is 2.25. The third-order valence-corrected chi connectivity index (χ3v) is 1.72. The van der Waals surface area contributed by atoms with Gasteiger partial charge in [0.15, 0.2) is 23.2 Å². The summed E-state index contributed by atoms with van der Waals surface area (Å²) < 4.78 is 47.6. The number of benzene rings is 1. The first-order valence-electron chi connectivity index (χ1n) is 3.82. The van der Waals surface area contributed by atoms with Gasteiger partial charge in [-0.3, -0.25) is 0 Å². The second-order valence-electron chi connectivity index (χ2n) is 2.55. The molecule has 1 rings (SSSR count). The lowest BCUT2D eigenvalue weighted by atomic mass is 10.1. The van der Waals surface area contributed by atoms with Gasteiger partial charge < -0.3 is 9.47 Å². The summed E-state index contributed by atoms with van der Waals surface area (Å²) in [5.41, 5.74) is -0.891. The first-order valence-corrected chi connectivity index (χ1v) is 3.82. The zero-order chi connectivity index (χ0) is 11.6. The molecule has 0 atom stereocenters. The Hall–Kier alpha value is -1.72. The maximum Gasteiger partial charge on any atom is 0.344 e. The van der Waals surface area contributed by atoms with Crippen molar-refractivity contribution in [1.29, 1.82) is 0 Å². The monoisotopic (exact) mass is 220 g/mol. The fraction of sp³-hybridized carbons (Fsp3) is 0.222. The van der Waals surface area contributed by atoms with E-state index >= 15 is 0 Å². The summed E-state index contributed by atoms with van der Waals surface area (Å²) in [6.45, 7) is 0. The third-order valence-electron chi connectivity index (χ3n) is 1.72. The maximum absolute atomic E-state index is 13.1. The quantitative estimate of drug-likeness (QED) is 0.564. The Balaban J connectivity index is 3.50. The number of methoxy groups -OCH3 is 2. The van der Waals surface area contributed by atoms with Crippen LogP contribution in [0, 0.1) is 17.5 Å². The van der Waals surface area contributed by atoms with Crippen LogP contribution in [0.25, 0.3) is 0 Å². The van der Waals surface area contributed by atoms with Crippen LogP contribution in [0.2, 0.25) is 0 Å². The molecule has 6 heteroatoms. The average Bonchev–Trinajstić information content (AvgIpc) is 2.21. The minimum Gasteiger partial charge on any atom is -0.493 e. The number of esters is 1. The second kappa shape index (κ2) is 4.20. The summed E-state index contributed by atoms with van der Waals surface area (Å²) >= 11 is 0. The van der Waals surface area contributed by atoms with E-state index in [-0.39, 0.29) is 0 Å². The Bertz CT molecular complexity index is 404. The number of carbonyl (C=O) groups excluding carboxylic acids is 1. The minimum absolute atomic E-state index is 0.292. The molecule has 82 valence electrons. The number of hydrogen-bond donors (Lipinski definition) is 0. The Morgan fingerprint density at radius 3 is 2.27 bits per heavy atom. The molecule has 0 spiro atoms. The van der Waals surface area contributed by atoms with Crippen LogP contribution in [-0.4, -0.2) is 20.2 Å². The normalized spacial score (nSPS) is 9.93. The fourth-order valence-electron chi connectivity index (χ4n) is 1.06. The van der Waals surface area contributed by atoms with Crippen LogP contribution < -0.4 is 4.74 Å². The molecule has 0 unspecified atom stereocenters. The van der Waals surface area contributed by atoms with Crippen LogP contribution in [0.4, 0.5) is 13.2 Å². The molecule has 0 N–H and O–H groups in total. The molecule has 0 saturated carbocycles. The van der Waals surface area contributed by atoms with Gasteiger partial charge in [0.1, 0.15) is 5.56 Å². The van der Waals surface area contributed by atoms with Crippen LogP contribution in [0.1, 0.15) is 10.4 Å². The SMILES string of the molecule is COC(=O)c1c(F)c(F)cc(F)c1OC. The molecular weight excluding hydrogens is 213 g/mol. The van der Waals surface area contributed by atoms with Crippen molar-refractivity contribution in [3.8, 4) is 5.75 Å². The van der Waals surface area contributed by atoms with Crippen molar-refractivity contribution in [3.63, 3.8) is 0 Å². The van der Waals surface area contributed by atoms with Crippen LogP contribution in [0.15, 0.2) is 6.07 Å². The molecule has 3 nitrogen and oxygen atoms in total. The van der Waals surface area contributed by atoms with E-state index in [0.29, 0.717) is 6.07 Å². The summed E-state index contributed by atoms with van der Waals surface area (Å²) in [5, 5.41) is 0. The molecule has 0 fully saturated rings. The molecule has 0 aliphatic carbocycles. The molecule has 0 heterocycles. The lowest BCUT2D eigenvalue weighted by Crippen LogP contribution is -2.10. The first kappa shape index (κ1) is 11.4. The van der Waals surface area contributed by atoms with Crippen LogP contribution in [0.3, 0.4) is 0 Å². The number of carbonyl (C=O) groups is 1. The van der Waals surface area contributed by atoms with E-state index in [0.717, 1.165) is 14.2 Å². The number of halogens is 3. The van der Waals surface area contributed by atoms with E-state index in [9.17, 15) is 18.0 Å². The van der Waals surface area contributed by atoms with Gasteiger partial charge in [-0.25, -0.2) is 18.0 Å². The average molecular weight is 220 g/mol. The predicted octanol–water partition coefficient (Wildman–Crippen LogP) is 1.90. The van der Waals surface area contributed by atoms with E-state index < -0.39 is 34.7 Å². The van der Waals surface area contributed by atoms with Gasteiger partial charge in [-0.1, -0.05) is 0 Å². The Kier molecular flexibility index (Phi) is 3.18. The van der Waals surface area contributed by atoms with E-state index in [2.05, 4.69) is 9.47 Å². The van der Waals surface area contributed by atoms with E-state index in [4.69, 9.17) is 0 Å². The van der Waals surface area contributed by atoms with Gasteiger partial charge in [-0.15, -0.1) is 0 Å². The smallest absolute Gasteiger partial charge is 0.344 e. The number of hydrogen-bond acceptors (Lipinski definition) is 3. The van der Waals surface area contributed by atoms with E-state index in [1.807, 2.05) is 0 Å². The Labute approximate surface area is 83.4 Å². The Morgan fingerprint density at radius 2 is 1.80 bits per heavy atom. The molecule has 15 heavy (non-hydrogen) atoms. The Morgan fingerprint density at radius 1 is 1.20 bits per heavy atom. The molecule has 1 aromatic rings.